The average molecular weight is 371 g/mol. The van der Waals surface area contributed by atoms with E-state index in [2.05, 4.69) is 15.6 Å². The molecule has 27 heavy (non-hydrogen) atoms. The third kappa shape index (κ3) is 4.75. The molecule has 0 saturated carbocycles. The Hall–Kier alpha value is -3.09. The fourth-order valence-electron chi connectivity index (χ4n) is 2.74. The number of fused-ring (bicyclic) bond motifs is 1. The zero-order valence-corrected chi connectivity index (χ0v) is 15.9. The summed E-state index contributed by atoms with van der Waals surface area (Å²) < 4.78 is 21.7. The van der Waals surface area contributed by atoms with Crippen LogP contribution < -0.4 is 29.6 Å². The van der Waals surface area contributed by atoms with Crippen LogP contribution in [-0.2, 0) is 13.1 Å². The number of rotatable bonds is 7. The molecule has 2 N–H and O–H groups in total. The number of hydrogen-bond donors (Lipinski definition) is 2. The highest BCUT2D eigenvalue weighted by atomic mass is 16.7. The van der Waals surface area contributed by atoms with Crippen molar-refractivity contribution in [1.29, 1.82) is 0 Å². The lowest BCUT2D eigenvalue weighted by Crippen LogP contribution is -2.36. The fourth-order valence-corrected chi connectivity index (χ4v) is 2.74. The standard InChI is InChI=1S/C20H25N3O4/c1-4-25-16-7-5-14(9-18(16)24-3)11-22-20(21-2)23-12-15-6-8-17-19(10-15)27-13-26-17/h5-10H,4,11-13H2,1-3H3,(H2,21,22,23). The highest BCUT2D eigenvalue weighted by molar-refractivity contribution is 5.79. The molecule has 0 amide bonds. The Morgan fingerprint density at radius 3 is 2.41 bits per heavy atom. The van der Waals surface area contributed by atoms with Gasteiger partial charge in [-0.2, -0.15) is 0 Å². The lowest BCUT2D eigenvalue weighted by Gasteiger charge is -2.14. The zero-order chi connectivity index (χ0) is 19.1. The van der Waals surface area contributed by atoms with Crippen LogP contribution in [-0.4, -0.2) is 33.5 Å². The Bertz CT molecular complexity index is 808. The second-order valence-corrected chi connectivity index (χ2v) is 5.89. The maximum absolute atomic E-state index is 5.55. The molecule has 7 nitrogen and oxygen atoms in total. The Kier molecular flexibility index (Phi) is 6.25. The first-order valence-corrected chi connectivity index (χ1v) is 8.86. The van der Waals surface area contributed by atoms with E-state index < -0.39 is 0 Å². The van der Waals surface area contributed by atoms with Crippen molar-refractivity contribution in [3.63, 3.8) is 0 Å². The molecular weight excluding hydrogens is 346 g/mol. The molecular formula is C20H25N3O4. The third-order valence-corrected chi connectivity index (χ3v) is 4.11. The minimum Gasteiger partial charge on any atom is -0.493 e. The molecule has 0 aromatic heterocycles. The molecule has 1 aliphatic heterocycles. The molecule has 1 heterocycles. The van der Waals surface area contributed by atoms with Crippen LogP contribution in [0.4, 0.5) is 0 Å². The number of guanidine groups is 1. The van der Waals surface area contributed by atoms with Gasteiger partial charge in [0, 0.05) is 20.1 Å². The van der Waals surface area contributed by atoms with Crippen LogP contribution in [0.5, 0.6) is 23.0 Å². The van der Waals surface area contributed by atoms with Crippen molar-refractivity contribution in [2.24, 2.45) is 4.99 Å². The van der Waals surface area contributed by atoms with E-state index in [9.17, 15) is 0 Å². The van der Waals surface area contributed by atoms with Crippen molar-refractivity contribution >= 4 is 5.96 Å². The first-order valence-electron chi connectivity index (χ1n) is 8.86. The Labute approximate surface area is 159 Å². The molecule has 2 aromatic rings. The first-order chi connectivity index (χ1) is 13.2. The van der Waals surface area contributed by atoms with Crippen LogP contribution in [0, 0.1) is 0 Å². The fraction of sp³-hybridized carbons (Fsp3) is 0.350. The maximum atomic E-state index is 5.55. The molecule has 0 radical (unpaired) electrons. The molecule has 144 valence electrons. The van der Waals surface area contributed by atoms with Gasteiger partial charge < -0.3 is 29.6 Å². The summed E-state index contributed by atoms with van der Waals surface area (Å²) in [6.45, 7) is 4.07. The number of hydrogen-bond acceptors (Lipinski definition) is 5. The predicted molar refractivity (Wildman–Crippen MR) is 104 cm³/mol. The van der Waals surface area contributed by atoms with Crippen molar-refractivity contribution < 1.29 is 18.9 Å². The lowest BCUT2D eigenvalue weighted by molar-refractivity contribution is 0.174. The van der Waals surface area contributed by atoms with Crippen molar-refractivity contribution in [1.82, 2.24) is 10.6 Å². The first kappa shape index (κ1) is 18.7. The normalized spacial score (nSPS) is 12.6. The van der Waals surface area contributed by atoms with Gasteiger partial charge in [0.2, 0.25) is 6.79 Å². The summed E-state index contributed by atoms with van der Waals surface area (Å²) in [6.07, 6.45) is 0. The summed E-state index contributed by atoms with van der Waals surface area (Å²) in [7, 11) is 3.38. The van der Waals surface area contributed by atoms with Gasteiger partial charge in [0.1, 0.15) is 0 Å². The van der Waals surface area contributed by atoms with Crippen LogP contribution in [0.1, 0.15) is 18.1 Å². The van der Waals surface area contributed by atoms with Crippen molar-refractivity contribution in [3.8, 4) is 23.0 Å². The van der Waals surface area contributed by atoms with Gasteiger partial charge in [-0.15, -0.1) is 0 Å². The number of ether oxygens (including phenoxy) is 4. The highest BCUT2D eigenvalue weighted by Gasteiger charge is 2.13. The Morgan fingerprint density at radius 2 is 1.70 bits per heavy atom. The molecule has 0 spiro atoms. The van der Waals surface area contributed by atoms with E-state index in [1.165, 1.54) is 0 Å². The molecule has 2 aromatic carbocycles. The quantitative estimate of drug-likeness (QED) is 0.576. The SMILES string of the molecule is CCOc1ccc(CNC(=NC)NCc2ccc3c(c2)OCO3)cc1OC. The molecule has 7 heteroatoms. The number of benzene rings is 2. The second kappa shape index (κ2) is 9.02. The predicted octanol–water partition coefficient (Wildman–Crippen LogP) is 2.69. The van der Waals surface area contributed by atoms with Gasteiger partial charge in [-0.25, -0.2) is 0 Å². The van der Waals surface area contributed by atoms with Gasteiger partial charge in [-0.05, 0) is 42.3 Å². The van der Waals surface area contributed by atoms with Crippen LogP contribution in [0.2, 0.25) is 0 Å². The minimum absolute atomic E-state index is 0.279. The highest BCUT2D eigenvalue weighted by Crippen LogP contribution is 2.32. The molecule has 0 aliphatic carbocycles. The summed E-state index contributed by atoms with van der Waals surface area (Å²) in [5, 5.41) is 6.59. The summed E-state index contributed by atoms with van der Waals surface area (Å²) in [5.74, 6) is 3.73. The van der Waals surface area contributed by atoms with Crippen LogP contribution in [0.25, 0.3) is 0 Å². The summed E-state index contributed by atoms with van der Waals surface area (Å²) >= 11 is 0. The van der Waals surface area contributed by atoms with Crippen molar-refractivity contribution in [2.75, 3.05) is 27.6 Å². The summed E-state index contributed by atoms with van der Waals surface area (Å²) in [6, 6.07) is 11.8. The number of nitrogens with one attached hydrogen (secondary N) is 2. The Balaban J connectivity index is 1.55. The molecule has 0 saturated heterocycles. The van der Waals surface area contributed by atoms with Crippen LogP contribution in [0.3, 0.4) is 0 Å². The third-order valence-electron chi connectivity index (χ3n) is 4.11. The molecule has 0 bridgehead atoms. The van der Waals surface area contributed by atoms with E-state index in [1.807, 2.05) is 43.3 Å². The van der Waals surface area contributed by atoms with E-state index in [-0.39, 0.29) is 6.79 Å². The second-order valence-electron chi connectivity index (χ2n) is 5.89. The summed E-state index contributed by atoms with van der Waals surface area (Å²) in [4.78, 5) is 4.26. The van der Waals surface area contributed by atoms with Gasteiger partial charge in [0.05, 0.1) is 13.7 Å². The van der Waals surface area contributed by atoms with E-state index in [4.69, 9.17) is 18.9 Å². The molecule has 1 aliphatic rings. The van der Waals surface area contributed by atoms with Crippen LogP contribution in [0.15, 0.2) is 41.4 Å². The number of nitrogens with zero attached hydrogens (tertiary/aromatic N) is 1. The lowest BCUT2D eigenvalue weighted by atomic mass is 10.2. The molecule has 3 rings (SSSR count). The van der Waals surface area contributed by atoms with Gasteiger partial charge >= 0.3 is 0 Å². The van der Waals surface area contributed by atoms with E-state index in [0.29, 0.717) is 25.7 Å². The van der Waals surface area contributed by atoms with Crippen LogP contribution >= 0.6 is 0 Å². The largest absolute Gasteiger partial charge is 0.493 e. The average Bonchev–Trinajstić information content (AvgIpc) is 3.17. The van der Waals surface area contributed by atoms with Crippen molar-refractivity contribution in [3.05, 3.63) is 47.5 Å². The molecule has 0 fully saturated rings. The maximum Gasteiger partial charge on any atom is 0.231 e. The molecule has 0 unspecified atom stereocenters. The van der Waals surface area contributed by atoms with E-state index in [0.717, 1.165) is 34.1 Å². The van der Waals surface area contributed by atoms with E-state index in [1.54, 1.807) is 14.2 Å². The van der Waals surface area contributed by atoms with Crippen molar-refractivity contribution in [2.45, 2.75) is 20.0 Å². The van der Waals surface area contributed by atoms with Gasteiger partial charge in [-0.1, -0.05) is 12.1 Å². The Morgan fingerprint density at radius 1 is 1.00 bits per heavy atom. The summed E-state index contributed by atoms with van der Waals surface area (Å²) in [5.41, 5.74) is 2.16. The smallest absolute Gasteiger partial charge is 0.231 e. The van der Waals surface area contributed by atoms with Gasteiger partial charge in [0.15, 0.2) is 29.0 Å². The number of aliphatic imine (C=N–C) groups is 1. The molecule has 0 atom stereocenters. The van der Waals surface area contributed by atoms with Gasteiger partial charge in [-0.3, -0.25) is 4.99 Å². The zero-order valence-electron chi connectivity index (χ0n) is 15.9. The minimum atomic E-state index is 0.279. The van der Waals surface area contributed by atoms with E-state index >= 15 is 0 Å². The van der Waals surface area contributed by atoms with Gasteiger partial charge in [0.25, 0.3) is 0 Å². The topological polar surface area (TPSA) is 73.3 Å². The monoisotopic (exact) mass is 371 g/mol. The number of methoxy groups -OCH3 is 1.